The average Bonchev–Trinajstić information content (AvgIpc) is 3.42. The summed E-state index contributed by atoms with van der Waals surface area (Å²) in [4.78, 5) is 29.2. The van der Waals surface area contributed by atoms with E-state index in [0.717, 1.165) is 22.0 Å². The number of H-pyrrole nitrogens is 1. The van der Waals surface area contributed by atoms with Gasteiger partial charge in [0.15, 0.2) is 0 Å². The second-order valence-corrected chi connectivity index (χ2v) is 12.2. The minimum absolute atomic E-state index is 0.0147. The predicted octanol–water partition coefficient (Wildman–Crippen LogP) is 5.40. The highest BCUT2D eigenvalue weighted by Crippen LogP contribution is 2.21. The first-order valence-electron chi connectivity index (χ1n) is 13.1. The highest BCUT2D eigenvalue weighted by atomic mass is 35.5. The number of sulfonamides is 1. The van der Waals surface area contributed by atoms with Crippen molar-refractivity contribution in [2.45, 2.75) is 24.0 Å². The zero-order chi connectivity index (χ0) is 30.4. The second-order valence-electron chi connectivity index (χ2n) is 9.57. The summed E-state index contributed by atoms with van der Waals surface area (Å²) >= 11 is 11.8. The Kier molecular flexibility index (Phi) is 9.32. The van der Waals surface area contributed by atoms with Crippen molar-refractivity contribution in [2.24, 2.45) is 0 Å². The topological polar surface area (TPSA) is 129 Å². The molecule has 9 nitrogen and oxygen atoms in total. The van der Waals surface area contributed by atoms with Gasteiger partial charge in [0, 0.05) is 32.7 Å². The van der Waals surface area contributed by atoms with Crippen molar-refractivity contribution in [3.8, 4) is 5.75 Å². The molecule has 0 saturated heterocycles. The Morgan fingerprint density at radius 1 is 0.814 bits per heavy atom. The summed E-state index contributed by atoms with van der Waals surface area (Å²) in [6.07, 6.45) is 1.74. The first-order valence-corrected chi connectivity index (χ1v) is 15.3. The van der Waals surface area contributed by atoms with Gasteiger partial charge < -0.3 is 9.72 Å². The Balaban J connectivity index is 1.25. The Morgan fingerprint density at radius 3 is 2.16 bits per heavy atom. The molecule has 220 valence electrons. The molecule has 1 heterocycles. The van der Waals surface area contributed by atoms with Crippen molar-refractivity contribution >= 4 is 55.9 Å². The number of hydrogen-bond acceptors (Lipinski definition) is 5. The molecule has 0 fully saturated rings. The monoisotopic (exact) mass is 636 g/mol. The molecule has 0 aliphatic carbocycles. The second kappa shape index (κ2) is 13.3. The maximum absolute atomic E-state index is 13.3. The number of benzene rings is 4. The van der Waals surface area contributed by atoms with Crippen LogP contribution in [0.2, 0.25) is 10.0 Å². The summed E-state index contributed by atoms with van der Waals surface area (Å²) in [7, 11) is -4.11. The van der Waals surface area contributed by atoms with Gasteiger partial charge in [-0.15, -0.1) is 0 Å². The molecular weight excluding hydrogens is 611 g/mol. The van der Waals surface area contributed by atoms with E-state index in [1.807, 2.05) is 24.3 Å². The summed E-state index contributed by atoms with van der Waals surface area (Å²) in [5.41, 5.74) is 7.40. The van der Waals surface area contributed by atoms with E-state index in [2.05, 4.69) is 20.6 Å². The van der Waals surface area contributed by atoms with Crippen LogP contribution in [0.25, 0.3) is 10.9 Å². The number of fused-ring (bicyclic) bond motifs is 1. The molecule has 0 bridgehead atoms. The maximum atomic E-state index is 13.3. The van der Waals surface area contributed by atoms with E-state index < -0.39 is 27.9 Å². The number of para-hydroxylation sites is 1. The molecule has 0 aliphatic heterocycles. The predicted molar refractivity (Wildman–Crippen MR) is 165 cm³/mol. The van der Waals surface area contributed by atoms with Crippen LogP contribution in [-0.4, -0.2) is 31.3 Å². The van der Waals surface area contributed by atoms with Crippen molar-refractivity contribution in [2.75, 3.05) is 0 Å². The number of carbonyl (C=O) groups excluding carboxylic acids is 2. The molecule has 0 radical (unpaired) electrons. The SMILES string of the molecule is O=C(NNC(=O)[C@@H](Cc1c[nH]c2ccccc12)NS(=O)(=O)c1ccc(Cl)cc1)c1ccc(COc2ccc(Cl)cc2)cc1. The quantitative estimate of drug-likeness (QED) is 0.152. The molecule has 43 heavy (non-hydrogen) atoms. The molecule has 5 rings (SSSR count). The highest BCUT2D eigenvalue weighted by molar-refractivity contribution is 7.89. The van der Waals surface area contributed by atoms with Gasteiger partial charge in [-0.2, -0.15) is 4.72 Å². The van der Waals surface area contributed by atoms with Gasteiger partial charge in [-0.1, -0.05) is 53.5 Å². The largest absolute Gasteiger partial charge is 0.489 e. The number of hydrogen-bond donors (Lipinski definition) is 4. The van der Waals surface area contributed by atoms with Crippen LogP contribution >= 0.6 is 23.2 Å². The van der Waals surface area contributed by atoms with Crippen molar-refractivity contribution < 1.29 is 22.7 Å². The molecule has 0 spiro atoms. The molecule has 1 aromatic heterocycles. The van der Waals surface area contributed by atoms with Crippen molar-refractivity contribution in [1.82, 2.24) is 20.6 Å². The summed E-state index contributed by atoms with van der Waals surface area (Å²) in [5.74, 6) is -0.670. The molecule has 2 amide bonds. The van der Waals surface area contributed by atoms with E-state index in [9.17, 15) is 18.0 Å². The molecule has 5 aromatic rings. The van der Waals surface area contributed by atoms with Gasteiger partial charge in [-0.05, 0) is 84.3 Å². The summed E-state index contributed by atoms with van der Waals surface area (Å²) in [6, 6.07) is 25.4. The first-order chi connectivity index (χ1) is 20.7. The fourth-order valence-corrected chi connectivity index (χ4v) is 5.75. The van der Waals surface area contributed by atoms with Crippen LogP contribution in [0.4, 0.5) is 0 Å². The number of nitrogens with one attached hydrogen (secondary N) is 4. The van der Waals surface area contributed by atoms with Gasteiger partial charge >= 0.3 is 0 Å². The Hall–Kier alpha value is -4.35. The Morgan fingerprint density at radius 2 is 1.47 bits per heavy atom. The standard InChI is InChI=1S/C31H26Cl2N4O5S/c32-23-9-13-25(14-10-23)42-19-20-5-7-21(8-6-20)30(38)35-36-31(39)29(17-22-18-34-28-4-2-1-3-27(22)28)37-43(40,41)26-15-11-24(33)12-16-26/h1-16,18,29,34,37H,17,19H2,(H,35,38)(H,36,39)/t29-/m1/s1. The summed E-state index contributed by atoms with van der Waals surface area (Å²) in [5, 5.41) is 1.82. The number of amides is 2. The van der Waals surface area contributed by atoms with Crippen molar-refractivity contribution in [3.05, 3.63) is 130 Å². The van der Waals surface area contributed by atoms with Gasteiger partial charge in [0.1, 0.15) is 18.4 Å². The van der Waals surface area contributed by atoms with Crippen LogP contribution in [0.5, 0.6) is 5.75 Å². The first kappa shape index (κ1) is 30.1. The number of aromatic amines is 1. The average molecular weight is 638 g/mol. The van der Waals surface area contributed by atoms with Gasteiger partial charge in [-0.25, -0.2) is 8.42 Å². The zero-order valence-corrected chi connectivity index (χ0v) is 24.8. The molecule has 0 saturated carbocycles. The van der Waals surface area contributed by atoms with Gasteiger partial charge in [-0.3, -0.25) is 20.4 Å². The number of carbonyl (C=O) groups is 2. The lowest BCUT2D eigenvalue weighted by atomic mass is 10.1. The van der Waals surface area contributed by atoms with Crippen LogP contribution in [0.15, 0.2) is 108 Å². The van der Waals surface area contributed by atoms with E-state index in [0.29, 0.717) is 15.8 Å². The molecular formula is C31H26Cl2N4O5S. The number of aromatic nitrogens is 1. The lowest BCUT2D eigenvalue weighted by Gasteiger charge is -2.19. The lowest BCUT2D eigenvalue weighted by Crippen LogP contribution is -2.53. The normalized spacial score (nSPS) is 12.0. The Labute approximate surface area is 258 Å². The van der Waals surface area contributed by atoms with E-state index >= 15 is 0 Å². The van der Waals surface area contributed by atoms with Crippen LogP contribution in [0, 0.1) is 0 Å². The van der Waals surface area contributed by atoms with Gasteiger partial charge in [0.2, 0.25) is 10.0 Å². The minimum atomic E-state index is -4.11. The van der Waals surface area contributed by atoms with Crippen molar-refractivity contribution in [1.29, 1.82) is 0 Å². The molecule has 12 heteroatoms. The fraction of sp³-hybridized carbons (Fsp3) is 0.0968. The van der Waals surface area contributed by atoms with Crippen molar-refractivity contribution in [3.63, 3.8) is 0 Å². The number of ether oxygens (including phenoxy) is 1. The molecule has 4 N–H and O–H groups in total. The smallest absolute Gasteiger partial charge is 0.269 e. The van der Waals surface area contributed by atoms with E-state index in [-0.39, 0.29) is 23.5 Å². The number of rotatable bonds is 10. The summed E-state index contributed by atoms with van der Waals surface area (Å²) < 4.78 is 34.5. The number of halogens is 2. The lowest BCUT2D eigenvalue weighted by molar-refractivity contribution is -0.123. The summed E-state index contributed by atoms with van der Waals surface area (Å²) in [6.45, 7) is 0.281. The zero-order valence-electron chi connectivity index (χ0n) is 22.5. The fourth-order valence-electron chi connectivity index (χ4n) is 4.30. The molecule has 0 unspecified atom stereocenters. The third-order valence-corrected chi connectivity index (χ3v) is 8.56. The maximum Gasteiger partial charge on any atom is 0.269 e. The minimum Gasteiger partial charge on any atom is -0.489 e. The number of hydrazine groups is 1. The van der Waals surface area contributed by atoms with E-state index in [4.69, 9.17) is 27.9 Å². The van der Waals surface area contributed by atoms with Crippen LogP contribution in [0.3, 0.4) is 0 Å². The molecule has 1 atom stereocenters. The highest BCUT2D eigenvalue weighted by Gasteiger charge is 2.27. The van der Waals surface area contributed by atoms with E-state index in [1.165, 1.54) is 24.3 Å². The van der Waals surface area contributed by atoms with Gasteiger partial charge in [0.25, 0.3) is 11.8 Å². The Bertz CT molecular complexity index is 1840. The third kappa shape index (κ3) is 7.74. The molecule has 4 aromatic carbocycles. The van der Waals surface area contributed by atoms with E-state index in [1.54, 1.807) is 54.7 Å². The van der Waals surface area contributed by atoms with Crippen LogP contribution in [-0.2, 0) is 27.8 Å². The van der Waals surface area contributed by atoms with Crippen LogP contribution in [0.1, 0.15) is 21.5 Å². The third-order valence-electron chi connectivity index (χ3n) is 6.57. The molecule has 0 aliphatic rings. The van der Waals surface area contributed by atoms with Gasteiger partial charge in [0.05, 0.1) is 4.90 Å². The van der Waals surface area contributed by atoms with Crippen LogP contribution < -0.4 is 20.3 Å².